The number of rotatable bonds is 3. The molecule has 2 aliphatic rings. The summed E-state index contributed by atoms with van der Waals surface area (Å²) in [6, 6.07) is 3.54. The molecule has 1 aromatic rings. The SMILES string of the molecule is Cc1cc2c(cc1Cl)C1CC(C)(O2)N(CCCO)C(=O)N1. The maximum atomic E-state index is 12.3. The van der Waals surface area contributed by atoms with Crippen LogP contribution in [0.5, 0.6) is 5.75 Å². The lowest BCUT2D eigenvalue weighted by Gasteiger charge is -2.50. The highest BCUT2D eigenvalue weighted by Crippen LogP contribution is 2.45. The Bertz CT molecular complexity index is 593. The molecule has 0 saturated carbocycles. The van der Waals surface area contributed by atoms with E-state index in [-0.39, 0.29) is 18.7 Å². The predicted octanol–water partition coefficient (Wildman–Crippen LogP) is 2.60. The number of amides is 2. The van der Waals surface area contributed by atoms with Gasteiger partial charge in [0.1, 0.15) is 5.75 Å². The number of aliphatic hydroxyl groups excluding tert-OH is 1. The zero-order chi connectivity index (χ0) is 15.2. The van der Waals surface area contributed by atoms with Crippen molar-refractivity contribution in [3.05, 3.63) is 28.3 Å². The predicted molar refractivity (Wildman–Crippen MR) is 79.5 cm³/mol. The zero-order valence-corrected chi connectivity index (χ0v) is 12.9. The smallest absolute Gasteiger partial charge is 0.320 e. The number of aliphatic hydroxyl groups is 1. The number of urea groups is 1. The third-order valence-electron chi connectivity index (χ3n) is 4.23. The zero-order valence-electron chi connectivity index (χ0n) is 12.1. The summed E-state index contributed by atoms with van der Waals surface area (Å²) in [5.74, 6) is 0.768. The lowest BCUT2D eigenvalue weighted by molar-refractivity contribution is -0.0849. The number of aryl methyl sites for hydroxylation is 1. The molecule has 2 unspecified atom stereocenters. The first-order valence-corrected chi connectivity index (χ1v) is 7.50. The maximum absolute atomic E-state index is 12.3. The van der Waals surface area contributed by atoms with Gasteiger partial charge in [0.05, 0.1) is 6.04 Å². The number of benzene rings is 1. The molecule has 1 aromatic carbocycles. The Morgan fingerprint density at radius 3 is 3.05 bits per heavy atom. The fraction of sp³-hybridized carbons (Fsp3) is 0.533. The number of hydrogen-bond donors (Lipinski definition) is 2. The van der Waals surface area contributed by atoms with Crippen LogP contribution < -0.4 is 10.1 Å². The van der Waals surface area contributed by atoms with Gasteiger partial charge in [0.2, 0.25) is 0 Å². The van der Waals surface area contributed by atoms with E-state index in [0.29, 0.717) is 24.4 Å². The Morgan fingerprint density at radius 1 is 1.57 bits per heavy atom. The number of ether oxygens (including phenoxy) is 1. The summed E-state index contributed by atoms with van der Waals surface area (Å²) in [5, 5.41) is 12.7. The van der Waals surface area contributed by atoms with Gasteiger partial charge in [0.25, 0.3) is 0 Å². The number of carbonyl (C=O) groups excluding carboxylic acids is 1. The van der Waals surface area contributed by atoms with Crippen LogP contribution in [-0.4, -0.2) is 34.9 Å². The number of fused-ring (bicyclic) bond motifs is 4. The Kier molecular flexibility index (Phi) is 3.50. The van der Waals surface area contributed by atoms with Crippen molar-refractivity contribution in [2.45, 2.75) is 38.5 Å². The van der Waals surface area contributed by atoms with Gasteiger partial charge in [-0.3, -0.25) is 4.90 Å². The van der Waals surface area contributed by atoms with Crippen LogP contribution in [0.3, 0.4) is 0 Å². The van der Waals surface area contributed by atoms with Crippen molar-refractivity contribution in [3.8, 4) is 5.75 Å². The molecule has 1 fully saturated rings. The second-order valence-corrected chi connectivity index (χ2v) is 6.26. The van der Waals surface area contributed by atoms with Gasteiger partial charge in [-0.1, -0.05) is 11.6 Å². The monoisotopic (exact) mass is 310 g/mol. The molecule has 1 saturated heterocycles. The van der Waals surface area contributed by atoms with Crippen molar-refractivity contribution in [3.63, 3.8) is 0 Å². The van der Waals surface area contributed by atoms with E-state index in [2.05, 4.69) is 5.32 Å². The topological polar surface area (TPSA) is 61.8 Å². The van der Waals surface area contributed by atoms with Gasteiger partial charge in [0, 0.05) is 30.2 Å². The first-order valence-electron chi connectivity index (χ1n) is 7.12. The van der Waals surface area contributed by atoms with Crippen LogP contribution in [0.1, 0.15) is 36.9 Å². The Labute approximate surface area is 128 Å². The third kappa shape index (κ3) is 2.34. The van der Waals surface area contributed by atoms with E-state index < -0.39 is 5.72 Å². The number of nitrogens with one attached hydrogen (secondary N) is 1. The summed E-state index contributed by atoms with van der Waals surface area (Å²) < 4.78 is 6.13. The lowest BCUT2D eigenvalue weighted by Crippen LogP contribution is -2.64. The molecule has 3 rings (SSSR count). The second kappa shape index (κ2) is 5.07. The summed E-state index contributed by atoms with van der Waals surface area (Å²) in [4.78, 5) is 14.0. The molecule has 5 nitrogen and oxygen atoms in total. The van der Waals surface area contributed by atoms with E-state index in [4.69, 9.17) is 21.4 Å². The first-order chi connectivity index (χ1) is 9.94. The molecule has 114 valence electrons. The molecular weight excluding hydrogens is 292 g/mol. The fourth-order valence-corrected chi connectivity index (χ4v) is 3.27. The Morgan fingerprint density at radius 2 is 2.33 bits per heavy atom. The quantitative estimate of drug-likeness (QED) is 0.902. The van der Waals surface area contributed by atoms with E-state index in [0.717, 1.165) is 16.9 Å². The number of hydrogen-bond acceptors (Lipinski definition) is 3. The largest absolute Gasteiger partial charge is 0.468 e. The van der Waals surface area contributed by atoms with E-state index >= 15 is 0 Å². The third-order valence-corrected chi connectivity index (χ3v) is 4.64. The molecule has 2 amide bonds. The van der Waals surface area contributed by atoms with Crippen molar-refractivity contribution in [2.24, 2.45) is 0 Å². The number of carbonyl (C=O) groups is 1. The minimum atomic E-state index is -0.685. The summed E-state index contributed by atoms with van der Waals surface area (Å²) in [7, 11) is 0. The molecule has 2 heterocycles. The molecule has 2 N–H and O–H groups in total. The van der Waals surface area contributed by atoms with Crippen LogP contribution in [0.25, 0.3) is 0 Å². The molecule has 2 aliphatic heterocycles. The lowest BCUT2D eigenvalue weighted by atomic mass is 9.90. The molecule has 0 aromatic heterocycles. The molecular formula is C15H19ClN2O3. The maximum Gasteiger partial charge on any atom is 0.320 e. The average Bonchev–Trinajstić information content (AvgIpc) is 2.40. The fourth-order valence-electron chi connectivity index (χ4n) is 3.10. The van der Waals surface area contributed by atoms with E-state index in [9.17, 15) is 4.79 Å². The molecule has 21 heavy (non-hydrogen) atoms. The van der Waals surface area contributed by atoms with Gasteiger partial charge in [-0.25, -0.2) is 4.79 Å². The average molecular weight is 311 g/mol. The summed E-state index contributed by atoms with van der Waals surface area (Å²) in [6.45, 7) is 4.37. The van der Waals surface area contributed by atoms with Crippen LogP contribution >= 0.6 is 11.6 Å². The molecule has 0 aliphatic carbocycles. The van der Waals surface area contributed by atoms with Gasteiger partial charge in [-0.2, -0.15) is 0 Å². The molecule has 0 spiro atoms. The molecule has 6 heteroatoms. The summed E-state index contributed by atoms with van der Waals surface area (Å²) >= 11 is 6.18. The standard InChI is InChI=1S/C15H19ClN2O3/c1-9-6-13-10(7-11(9)16)12-8-15(2,21-13)18(4-3-5-19)14(20)17-12/h6-7,12,19H,3-5,8H2,1-2H3,(H,17,20). The van der Waals surface area contributed by atoms with Crippen molar-refractivity contribution in [2.75, 3.05) is 13.2 Å². The first kappa shape index (κ1) is 14.5. The van der Waals surface area contributed by atoms with Gasteiger partial charge >= 0.3 is 6.03 Å². The number of halogens is 1. The van der Waals surface area contributed by atoms with Crippen molar-refractivity contribution in [1.82, 2.24) is 10.2 Å². The van der Waals surface area contributed by atoms with Crippen molar-refractivity contribution in [1.29, 1.82) is 0 Å². The number of nitrogens with zero attached hydrogens (tertiary/aromatic N) is 1. The normalized spacial score (nSPS) is 27.0. The minimum absolute atomic E-state index is 0.0502. The van der Waals surface area contributed by atoms with Gasteiger partial charge in [-0.15, -0.1) is 0 Å². The van der Waals surface area contributed by atoms with Crippen LogP contribution in [0.2, 0.25) is 5.02 Å². The van der Waals surface area contributed by atoms with Gasteiger partial charge in [-0.05, 0) is 38.0 Å². The van der Waals surface area contributed by atoms with Crippen molar-refractivity contribution < 1.29 is 14.6 Å². The summed E-state index contributed by atoms with van der Waals surface area (Å²) in [6.07, 6.45) is 1.19. The van der Waals surface area contributed by atoms with Crippen molar-refractivity contribution >= 4 is 17.6 Å². The highest BCUT2D eigenvalue weighted by molar-refractivity contribution is 6.31. The Hall–Kier alpha value is -1.46. The van der Waals surface area contributed by atoms with E-state index in [1.165, 1.54) is 0 Å². The second-order valence-electron chi connectivity index (χ2n) is 5.85. The van der Waals surface area contributed by atoms with E-state index in [1.54, 1.807) is 4.90 Å². The van der Waals surface area contributed by atoms with Crippen LogP contribution in [0.15, 0.2) is 12.1 Å². The molecule has 2 bridgehead atoms. The summed E-state index contributed by atoms with van der Waals surface area (Å²) in [5.41, 5.74) is 1.19. The van der Waals surface area contributed by atoms with Gasteiger partial charge < -0.3 is 15.2 Å². The van der Waals surface area contributed by atoms with Gasteiger partial charge in [0.15, 0.2) is 5.72 Å². The van der Waals surface area contributed by atoms with Crippen LogP contribution in [0, 0.1) is 6.92 Å². The highest BCUT2D eigenvalue weighted by Gasteiger charge is 2.48. The van der Waals surface area contributed by atoms with E-state index in [1.807, 2.05) is 26.0 Å². The highest BCUT2D eigenvalue weighted by atomic mass is 35.5. The molecule has 0 radical (unpaired) electrons. The Balaban J connectivity index is 1.99. The minimum Gasteiger partial charge on any atom is -0.468 e. The van der Waals surface area contributed by atoms with Crippen LogP contribution in [0.4, 0.5) is 4.79 Å². The molecule has 2 atom stereocenters. The van der Waals surface area contributed by atoms with Crippen LogP contribution in [-0.2, 0) is 0 Å².